The molecule has 0 aliphatic heterocycles. The van der Waals surface area contributed by atoms with Gasteiger partial charge in [0.2, 0.25) is 0 Å². The van der Waals surface area contributed by atoms with Crippen LogP contribution in [0.4, 0.5) is 13.2 Å². The molecule has 0 spiro atoms. The summed E-state index contributed by atoms with van der Waals surface area (Å²) >= 11 is 0. The van der Waals surface area contributed by atoms with Crippen molar-refractivity contribution in [2.75, 3.05) is 19.8 Å². The molecule has 2 nitrogen and oxygen atoms in total. The molecule has 1 unspecified atom stereocenters. The van der Waals surface area contributed by atoms with Crippen LogP contribution in [0, 0.1) is 5.92 Å². The van der Waals surface area contributed by atoms with Crippen LogP contribution in [0.1, 0.15) is 37.9 Å². The number of halogens is 3. The SMILES string of the molecule is CCNC(COCC(F)(F)F)c1cccc(CC(C)C)c1. The summed E-state index contributed by atoms with van der Waals surface area (Å²) in [6.07, 6.45) is -3.33. The molecule has 1 atom stereocenters. The predicted octanol–water partition coefficient (Wildman–Crippen LogP) is 4.11. The summed E-state index contributed by atoms with van der Waals surface area (Å²) < 4.78 is 41.3. The van der Waals surface area contributed by atoms with Crippen LogP contribution in [0.2, 0.25) is 0 Å². The lowest BCUT2D eigenvalue weighted by atomic mass is 9.98. The van der Waals surface area contributed by atoms with Crippen LogP contribution in [-0.4, -0.2) is 25.9 Å². The number of benzene rings is 1. The third-order valence-electron chi connectivity index (χ3n) is 3.00. The van der Waals surface area contributed by atoms with E-state index in [0.29, 0.717) is 12.5 Å². The Bertz CT molecular complexity index is 418. The van der Waals surface area contributed by atoms with Crippen molar-refractivity contribution in [3.05, 3.63) is 35.4 Å². The van der Waals surface area contributed by atoms with Gasteiger partial charge in [0.05, 0.1) is 12.6 Å². The summed E-state index contributed by atoms with van der Waals surface area (Å²) in [5.41, 5.74) is 2.17. The Labute approximate surface area is 124 Å². The van der Waals surface area contributed by atoms with E-state index in [1.165, 1.54) is 5.56 Å². The first kappa shape index (κ1) is 18.0. The summed E-state index contributed by atoms with van der Waals surface area (Å²) in [6.45, 7) is 5.68. The molecule has 5 heteroatoms. The second-order valence-corrected chi connectivity index (χ2v) is 5.58. The maximum Gasteiger partial charge on any atom is 0.411 e. The Morgan fingerprint density at radius 1 is 1.24 bits per heavy atom. The van der Waals surface area contributed by atoms with Gasteiger partial charge in [0.25, 0.3) is 0 Å². The number of hydrogen-bond acceptors (Lipinski definition) is 2. The highest BCUT2D eigenvalue weighted by Crippen LogP contribution is 2.19. The van der Waals surface area contributed by atoms with Crippen molar-refractivity contribution in [1.82, 2.24) is 5.32 Å². The minimum absolute atomic E-state index is 0.0124. The van der Waals surface area contributed by atoms with E-state index < -0.39 is 12.8 Å². The van der Waals surface area contributed by atoms with Gasteiger partial charge in [0.1, 0.15) is 6.61 Å². The normalized spacial score (nSPS) is 13.7. The van der Waals surface area contributed by atoms with Crippen molar-refractivity contribution in [2.24, 2.45) is 5.92 Å². The van der Waals surface area contributed by atoms with Gasteiger partial charge in [-0.05, 0) is 30.0 Å². The smallest absolute Gasteiger partial charge is 0.370 e. The molecule has 0 aromatic heterocycles. The standard InChI is InChI=1S/C16H24F3NO/c1-4-20-15(10-21-11-16(17,18)19)14-7-5-6-13(9-14)8-12(2)3/h5-7,9,12,15,20H,4,8,10-11H2,1-3H3. The van der Waals surface area contributed by atoms with Crippen molar-refractivity contribution in [1.29, 1.82) is 0 Å². The lowest BCUT2D eigenvalue weighted by Gasteiger charge is -2.20. The molecule has 0 aliphatic rings. The minimum atomic E-state index is -4.28. The maximum absolute atomic E-state index is 12.2. The average molecular weight is 303 g/mol. The first-order valence-electron chi connectivity index (χ1n) is 7.28. The molecule has 0 radical (unpaired) electrons. The van der Waals surface area contributed by atoms with Crippen LogP contribution < -0.4 is 5.32 Å². The number of nitrogens with one attached hydrogen (secondary N) is 1. The zero-order valence-corrected chi connectivity index (χ0v) is 12.8. The minimum Gasteiger partial charge on any atom is -0.370 e. The van der Waals surface area contributed by atoms with Gasteiger partial charge >= 0.3 is 6.18 Å². The molecule has 0 saturated carbocycles. The fraction of sp³-hybridized carbons (Fsp3) is 0.625. The van der Waals surface area contributed by atoms with Gasteiger partial charge in [-0.1, -0.05) is 45.0 Å². The molecule has 0 aliphatic carbocycles. The summed E-state index contributed by atoms with van der Waals surface area (Å²) in [7, 11) is 0. The Hall–Kier alpha value is -1.07. The summed E-state index contributed by atoms with van der Waals surface area (Å²) in [4.78, 5) is 0. The van der Waals surface area contributed by atoms with E-state index in [1.54, 1.807) is 0 Å². The fourth-order valence-electron chi connectivity index (χ4n) is 2.22. The number of likely N-dealkylation sites (N-methyl/N-ethyl adjacent to an activating group) is 1. The van der Waals surface area contributed by atoms with Crippen molar-refractivity contribution in [3.63, 3.8) is 0 Å². The zero-order valence-electron chi connectivity index (χ0n) is 12.8. The van der Waals surface area contributed by atoms with E-state index in [2.05, 4.69) is 19.2 Å². The monoisotopic (exact) mass is 303 g/mol. The third-order valence-corrected chi connectivity index (χ3v) is 3.00. The van der Waals surface area contributed by atoms with Gasteiger partial charge in [-0.15, -0.1) is 0 Å². The molecule has 1 aromatic carbocycles. The van der Waals surface area contributed by atoms with Gasteiger partial charge in [0, 0.05) is 0 Å². The van der Waals surface area contributed by atoms with E-state index in [0.717, 1.165) is 12.0 Å². The molecule has 120 valence electrons. The van der Waals surface area contributed by atoms with Crippen LogP contribution in [0.3, 0.4) is 0 Å². The molecule has 1 aromatic rings. The lowest BCUT2D eigenvalue weighted by Crippen LogP contribution is -2.28. The Morgan fingerprint density at radius 2 is 1.95 bits per heavy atom. The van der Waals surface area contributed by atoms with Crippen LogP contribution in [0.15, 0.2) is 24.3 Å². The molecule has 1 N–H and O–H groups in total. The zero-order chi connectivity index (χ0) is 15.9. The molecule has 0 heterocycles. The van der Waals surface area contributed by atoms with Gasteiger partial charge in [0.15, 0.2) is 0 Å². The van der Waals surface area contributed by atoms with Crippen LogP contribution in [-0.2, 0) is 11.2 Å². The average Bonchev–Trinajstić information content (AvgIpc) is 2.36. The molecular formula is C16H24F3NO. The molecule has 0 bridgehead atoms. The first-order chi connectivity index (χ1) is 9.81. The number of hydrogen-bond donors (Lipinski definition) is 1. The highest BCUT2D eigenvalue weighted by molar-refractivity contribution is 5.26. The van der Waals surface area contributed by atoms with E-state index in [9.17, 15) is 13.2 Å². The van der Waals surface area contributed by atoms with Gasteiger partial charge < -0.3 is 10.1 Å². The molecule has 0 saturated heterocycles. The molecular weight excluding hydrogens is 279 g/mol. The third kappa shape index (κ3) is 7.48. The second kappa shape index (κ2) is 8.39. The van der Waals surface area contributed by atoms with E-state index >= 15 is 0 Å². The first-order valence-corrected chi connectivity index (χ1v) is 7.28. The van der Waals surface area contributed by atoms with Crippen molar-refractivity contribution in [2.45, 2.75) is 39.4 Å². The van der Waals surface area contributed by atoms with Crippen molar-refractivity contribution < 1.29 is 17.9 Å². The van der Waals surface area contributed by atoms with Crippen molar-refractivity contribution in [3.8, 4) is 0 Å². The Morgan fingerprint density at radius 3 is 2.52 bits per heavy atom. The Kier molecular flexibility index (Phi) is 7.18. The summed E-state index contributed by atoms with van der Waals surface area (Å²) in [5, 5.41) is 3.17. The summed E-state index contributed by atoms with van der Waals surface area (Å²) in [6, 6.07) is 7.74. The summed E-state index contributed by atoms with van der Waals surface area (Å²) in [5.74, 6) is 0.541. The Balaban J connectivity index is 2.70. The van der Waals surface area contributed by atoms with E-state index in [-0.39, 0.29) is 12.6 Å². The van der Waals surface area contributed by atoms with E-state index in [4.69, 9.17) is 4.74 Å². The molecule has 21 heavy (non-hydrogen) atoms. The van der Waals surface area contributed by atoms with Gasteiger partial charge in [-0.25, -0.2) is 0 Å². The van der Waals surface area contributed by atoms with Crippen LogP contribution in [0.5, 0.6) is 0 Å². The largest absolute Gasteiger partial charge is 0.411 e. The predicted molar refractivity (Wildman–Crippen MR) is 78.3 cm³/mol. The lowest BCUT2D eigenvalue weighted by molar-refractivity contribution is -0.175. The molecule has 1 rings (SSSR count). The van der Waals surface area contributed by atoms with Gasteiger partial charge in [-0.2, -0.15) is 13.2 Å². The highest BCUT2D eigenvalue weighted by atomic mass is 19.4. The van der Waals surface area contributed by atoms with Crippen LogP contribution in [0.25, 0.3) is 0 Å². The van der Waals surface area contributed by atoms with Gasteiger partial charge in [-0.3, -0.25) is 0 Å². The van der Waals surface area contributed by atoms with Crippen molar-refractivity contribution >= 4 is 0 Å². The fourth-order valence-corrected chi connectivity index (χ4v) is 2.22. The number of rotatable bonds is 8. The molecule has 0 fully saturated rings. The highest BCUT2D eigenvalue weighted by Gasteiger charge is 2.28. The quantitative estimate of drug-likeness (QED) is 0.780. The van der Waals surface area contributed by atoms with Crippen LogP contribution >= 0.6 is 0 Å². The number of ether oxygens (including phenoxy) is 1. The maximum atomic E-state index is 12.2. The second-order valence-electron chi connectivity index (χ2n) is 5.58. The number of alkyl halides is 3. The topological polar surface area (TPSA) is 21.3 Å². The van der Waals surface area contributed by atoms with E-state index in [1.807, 2.05) is 31.2 Å². The molecule has 0 amide bonds.